The SMILES string of the molecule is N#Cc1c(C(F)(F)F)cc(C2=NN(c3cc(C(F)(F)F)c(C#N)c(C(F)(F)F)c3)C(O)C2C(OCCCCI)C(F)(F)F)cc1C(F)(F)F. The fourth-order valence-electron chi connectivity index (χ4n) is 4.79. The normalized spacial score (nSPS) is 18.3. The molecule has 0 fully saturated rings. The maximum Gasteiger partial charge on any atom is 0.417 e. The lowest BCUT2D eigenvalue weighted by atomic mass is 9.87. The van der Waals surface area contributed by atoms with Crippen LogP contribution >= 0.6 is 22.6 Å². The fourth-order valence-corrected chi connectivity index (χ4v) is 5.33. The Morgan fingerprint density at radius 3 is 1.49 bits per heavy atom. The van der Waals surface area contributed by atoms with Crippen LogP contribution in [-0.2, 0) is 29.4 Å². The number of nitrogens with zero attached hydrogens (tertiary/aromatic N) is 4. The van der Waals surface area contributed by atoms with Crippen molar-refractivity contribution in [1.82, 2.24) is 0 Å². The molecule has 0 radical (unpaired) electrons. The van der Waals surface area contributed by atoms with Gasteiger partial charge in [-0.15, -0.1) is 0 Å². The van der Waals surface area contributed by atoms with E-state index in [0.29, 0.717) is 16.6 Å². The Morgan fingerprint density at radius 2 is 1.14 bits per heavy atom. The van der Waals surface area contributed by atoms with Crippen LogP contribution < -0.4 is 5.01 Å². The summed E-state index contributed by atoms with van der Waals surface area (Å²) in [5, 5.41) is 32.3. The second-order valence-corrected chi connectivity index (χ2v) is 11.2. The zero-order chi connectivity index (χ0) is 37.5. The van der Waals surface area contributed by atoms with Crippen LogP contribution in [0.1, 0.15) is 51.8 Å². The predicted octanol–water partition coefficient (Wildman–Crippen LogP) is 8.83. The highest BCUT2D eigenvalue weighted by atomic mass is 127. The number of hydrazone groups is 1. The van der Waals surface area contributed by atoms with Crippen molar-refractivity contribution in [3.63, 3.8) is 0 Å². The first-order valence-electron chi connectivity index (χ1n) is 13.0. The van der Waals surface area contributed by atoms with Gasteiger partial charge in [0.2, 0.25) is 0 Å². The first-order chi connectivity index (χ1) is 22.3. The number of nitriles is 2. The van der Waals surface area contributed by atoms with Gasteiger partial charge in [-0.05, 0) is 47.1 Å². The highest BCUT2D eigenvalue weighted by molar-refractivity contribution is 14.1. The van der Waals surface area contributed by atoms with Crippen molar-refractivity contribution in [2.24, 2.45) is 11.0 Å². The summed E-state index contributed by atoms with van der Waals surface area (Å²) in [6, 6.07) is 0.478. The van der Waals surface area contributed by atoms with Crippen molar-refractivity contribution < 1.29 is 75.7 Å². The minimum Gasteiger partial charge on any atom is -0.371 e. The third-order valence-electron chi connectivity index (χ3n) is 6.84. The molecule has 6 nitrogen and oxygen atoms in total. The molecule has 0 aromatic heterocycles. The largest absolute Gasteiger partial charge is 0.417 e. The van der Waals surface area contributed by atoms with Gasteiger partial charge in [0.25, 0.3) is 0 Å². The molecule has 2 aromatic carbocycles. The molecule has 1 N–H and O–H groups in total. The van der Waals surface area contributed by atoms with Crippen LogP contribution in [0.4, 0.5) is 71.5 Å². The van der Waals surface area contributed by atoms with Gasteiger partial charge in [-0.25, -0.2) is 5.01 Å². The molecule has 0 amide bonds. The number of anilines is 1. The summed E-state index contributed by atoms with van der Waals surface area (Å²) < 4.78 is 215. The number of aliphatic hydroxyl groups excluding tert-OH is 1. The van der Waals surface area contributed by atoms with Gasteiger partial charge in [-0.3, -0.25) is 0 Å². The lowest BCUT2D eigenvalue weighted by Crippen LogP contribution is -2.48. The van der Waals surface area contributed by atoms with E-state index in [1.165, 1.54) is 0 Å². The number of hydrogen-bond donors (Lipinski definition) is 1. The van der Waals surface area contributed by atoms with Crippen LogP contribution in [0, 0.1) is 28.6 Å². The Bertz CT molecular complexity index is 1600. The smallest absolute Gasteiger partial charge is 0.371 e. The van der Waals surface area contributed by atoms with Crippen LogP contribution in [0.25, 0.3) is 0 Å². The van der Waals surface area contributed by atoms with Crippen molar-refractivity contribution in [3.8, 4) is 12.1 Å². The molecule has 1 heterocycles. The molecule has 1 aliphatic rings. The summed E-state index contributed by atoms with van der Waals surface area (Å²) in [4.78, 5) is 0. The first-order valence-corrected chi connectivity index (χ1v) is 14.6. The van der Waals surface area contributed by atoms with Gasteiger partial charge in [0.15, 0.2) is 12.3 Å². The number of rotatable bonds is 8. The molecule has 3 unspecified atom stereocenters. The Morgan fingerprint density at radius 1 is 0.735 bits per heavy atom. The van der Waals surface area contributed by atoms with Crippen molar-refractivity contribution in [2.75, 3.05) is 16.0 Å². The molecule has 1 aliphatic heterocycles. The van der Waals surface area contributed by atoms with Gasteiger partial charge in [0.05, 0.1) is 50.7 Å². The minimum atomic E-state index is -5.77. The van der Waals surface area contributed by atoms with Crippen LogP contribution in [0.5, 0.6) is 0 Å². The molecular formula is C27H16F15IN4O2. The van der Waals surface area contributed by atoms with E-state index in [2.05, 4.69) is 5.10 Å². The number of unbranched alkanes of at least 4 members (excludes halogenated alkanes) is 1. The molecule has 0 saturated carbocycles. The molecule has 22 heteroatoms. The Balaban J connectivity index is 2.47. The fraction of sp³-hybridized carbons (Fsp3) is 0.444. The van der Waals surface area contributed by atoms with Crippen molar-refractivity contribution in [3.05, 3.63) is 63.2 Å². The van der Waals surface area contributed by atoms with Crippen molar-refractivity contribution in [1.29, 1.82) is 10.5 Å². The van der Waals surface area contributed by atoms with E-state index in [1.54, 1.807) is 0 Å². The number of aliphatic hydroxyl groups is 1. The quantitative estimate of drug-likeness (QED) is 0.124. The molecule has 0 bridgehead atoms. The van der Waals surface area contributed by atoms with Crippen LogP contribution in [0.15, 0.2) is 29.4 Å². The van der Waals surface area contributed by atoms with E-state index in [0.717, 1.165) is 0 Å². The maximum atomic E-state index is 14.4. The molecule has 2 aromatic rings. The third kappa shape index (κ3) is 8.63. The molecule has 0 aliphatic carbocycles. The topological polar surface area (TPSA) is 92.6 Å². The van der Waals surface area contributed by atoms with Gasteiger partial charge in [-0.2, -0.15) is 81.5 Å². The standard InChI is InChI=1S/C27H16F15IN4O2/c28-23(29,30)15-5-11(6-16(13(15)9-44)24(31,32)33)20-19(21(27(40,41)42)49-4-2-1-3-43)22(48)47(46-20)12-7-17(25(34,35)36)14(10-45)18(8-12)26(37,38)39/h5-8,19,21-22,48H,1-4H2. The number of benzene rings is 2. The number of ether oxygens (including phenoxy) is 1. The zero-order valence-electron chi connectivity index (χ0n) is 23.6. The highest BCUT2D eigenvalue weighted by Gasteiger charge is 2.55. The zero-order valence-corrected chi connectivity index (χ0v) is 25.7. The Kier molecular flexibility index (Phi) is 11.4. The Hall–Kier alpha value is -3.51. The van der Waals surface area contributed by atoms with E-state index in [1.807, 2.05) is 22.6 Å². The minimum absolute atomic E-state index is 0.110. The van der Waals surface area contributed by atoms with Gasteiger partial charge >= 0.3 is 30.9 Å². The molecule has 3 atom stereocenters. The van der Waals surface area contributed by atoms with Gasteiger partial charge < -0.3 is 9.84 Å². The van der Waals surface area contributed by atoms with E-state index in [4.69, 9.17) is 15.3 Å². The van der Waals surface area contributed by atoms with E-state index in [9.17, 15) is 71.0 Å². The highest BCUT2D eigenvalue weighted by Crippen LogP contribution is 2.46. The number of alkyl halides is 16. The molecular weight excluding hydrogens is 824 g/mol. The second kappa shape index (κ2) is 14.0. The predicted molar refractivity (Wildman–Crippen MR) is 145 cm³/mol. The Labute approximate surface area is 278 Å². The number of halogens is 16. The maximum absolute atomic E-state index is 14.4. The van der Waals surface area contributed by atoms with Gasteiger partial charge in [-0.1, -0.05) is 22.6 Å². The summed E-state index contributed by atoms with van der Waals surface area (Å²) in [5.41, 5.74) is -17.8. The molecule has 268 valence electrons. The van der Waals surface area contributed by atoms with Crippen molar-refractivity contribution >= 4 is 34.0 Å². The lowest BCUT2D eigenvalue weighted by Gasteiger charge is -2.31. The summed E-state index contributed by atoms with van der Waals surface area (Å²) in [6.45, 7) is -0.786. The third-order valence-corrected chi connectivity index (χ3v) is 7.61. The molecule has 0 saturated heterocycles. The van der Waals surface area contributed by atoms with E-state index in [-0.39, 0.29) is 42.1 Å². The molecule has 0 spiro atoms. The van der Waals surface area contributed by atoms with E-state index >= 15 is 0 Å². The molecule has 49 heavy (non-hydrogen) atoms. The van der Waals surface area contributed by atoms with Crippen molar-refractivity contribution in [2.45, 2.75) is 56.1 Å². The van der Waals surface area contributed by atoms with Gasteiger partial charge in [0.1, 0.15) is 12.1 Å². The van der Waals surface area contributed by atoms with E-state index < -0.39 is 106 Å². The lowest BCUT2D eigenvalue weighted by molar-refractivity contribution is -0.235. The average molecular weight is 840 g/mol. The number of hydrogen-bond acceptors (Lipinski definition) is 6. The average Bonchev–Trinajstić information content (AvgIpc) is 3.29. The summed E-state index contributed by atoms with van der Waals surface area (Å²) in [5.74, 6) is -2.91. The monoisotopic (exact) mass is 840 g/mol. The van der Waals surface area contributed by atoms with Crippen LogP contribution in [-0.4, -0.2) is 40.4 Å². The van der Waals surface area contributed by atoms with Gasteiger partial charge in [0, 0.05) is 6.61 Å². The summed E-state index contributed by atoms with van der Waals surface area (Å²) in [6.07, 6.45) is -34.9. The summed E-state index contributed by atoms with van der Waals surface area (Å²) >= 11 is 1.84. The molecule has 3 rings (SSSR count). The first kappa shape index (κ1) is 39.9. The summed E-state index contributed by atoms with van der Waals surface area (Å²) in [7, 11) is 0. The second-order valence-electron chi connectivity index (χ2n) is 10.1. The van der Waals surface area contributed by atoms with Crippen LogP contribution in [0.2, 0.25) is 0 Å². The van der Waals surface area contributed by atoms with Crippen LogP contribution in [0.3, 0.4) is 0 Å².